The largest absolute Gasteiger partial charge is 0.497 e. The highest BCUT2D eigenvalue weighted by Gasteiger charge is 2.13. The van der Waals surface area contributed by atoms with Crippen LogP contribution in [0.2, 0.25) is 0 Å². The van der Waals surface area contributed by atoms with Crippen molar-refractivity contribution >= 4 is 5.91 Å². The van der Waals surface area contributed by atoms with E-state index in [1.165, 1.54) is 12.1 Å². The average Bonchev–Trinajstić information content (AvgIpc) is 3.29. The summed E-state index contributed by atoms with van der Waals surface area (Å²) in [6, 6.07) is 20.2. The smallest absolute Gasteiger partial charge is 0.258 e. The summed E-state index contributed by atoms with van der Waals surface area (Å²) in [6.07, 6.45) is 0. The molecule has 30 heavy (non-hydrogen) atoms. The number of carbonyl (C=O) groups excluding carboxylic acids is 1. The molecule has 3 aromatic carbocycles. The number of hydrogen-bond donors (Lipinski definition) is 1. The van der Waals surface area contributed by atoms with E-state index in [1.54, 1.807) is 43.5 Å². The standard InChI is InChI=1S/C23H18FN3O3/c1-29-20-11-5-15(6-12-20)14-25-22(28)17-3-2-4-18(13-17)23-26-21(27-30-23)16-7-9-19(24)10-8-16/h2-13H,14H2,1H3,(H,25,28). The average molecular weight is 403 g/mol. The van der Waals surface area contributed by atoms with Crippen LogP contribution in [0.25, 0.3) is 22.8 Å². The van der Waals surface area contributed by atoms with Crippen molar-refractivity contribution < 1.29 is 18.4 Å². The molecule has 0 aliphatic rings. The molecule has 0 fully saturated rings. The topological polar surface area (TPSA) is 77.2 Å². The van der Waals surface area contributed by atoms with E-state index in [1.807, 2.05) is 24.3 Å². The molecule has 0 radical (unpaired) electrons. The number of benzene rings is 3. The van der Waals surface area contributed by atoms with Gasteiger partial charge in [-0.25, -0.2) is 4.39 Å². The molecule has 1 heterocycles. The molecule has 0 atom stereocenters. The van der Waals surface area contributed by atoms with E-state index in [4.69, 9.17) is 9.26 Å². The van der Waals surface area contributed by atoms with Crippen LogP contribution in [-0.2, 0) is 6.54 Å². The highest BCUT2D eigenvalue weighted by Crippen LogP contribution is 2.23. The first kappa shape index (κ1) is 19.3. The van der Waals surface area contributed by atoms with Crippen LogP contribution in [0.4, 0.5) is 4.39 Å². The third kappa shape index (κ3) is 4.35. The van der Waals surface area contributed by atoms with Crippen LogP contribution in [0, 0.1) is 5.82 Å². The first-order valence-corrected chi connectivity index (χ1v) is 9.23. The van der Waals surface area contributed by atoms with Crippen molar-refractivity contribution in [2.45, 2.75) is 6.54 Å². The maximum absolute atomic E-state index is 13.1. The number of ether oxygens (including phenoxy) is 1. The normalized spacial score (nSPS) is 10.6. The fraction of sp³-hybridized carbons (Fsp3) is 0.0870. The predicted molar refractivity (Wildman–Crippen MR) is 109 cm³/mol. The number of amides is 1. The molecule has 1 amide bonds. The summed E-state index contributed by atoms with van der Waals surface area (Å²) in [5.74, 6) is 0.831. The van der Waals surface area contributed by atoms with Crippen molar-refractivity contribution in [2.75, 3.05) is 7.11 Å². The summed E-state index contributed by atoms with van der Waals surface area (Å²) in [4.78, 5) is 16.9. The third-order valence-corrected chi connectivity index (χ3v) is 4.51. The van der Waals surface area contributed by atoms with Crippen molar-refractivity contribution in [3.8, 4) is 28.6 Å². The summed E-state index contributed by atoms with van der Waals surface area (Å²) >= 11 is 0. The zero-order valence-corrected chi connectivity index (χ0v) is 16.1. The van der Waals surface area contributed by atoms with E-state index in [2.05, 4.69) is 15.5 Å². The minimum Gasteiger partial charge on any atom is -0.497 e. The van der Waals surface area contributed by atoms with Crippen molar-refractivity contribution in [3.05, 3.63) is 89.7 Å². The molecule has 0 aliphatic heterocycles. The zero-order chi connectivity index (χ0) is 20.9. The van der Waals surface area contributed by atoms with Gasteiger partial charge in [-0.3, -0.25) is 4.79 Å². The fourth-order valence-electron chi connectivity index (χ4n) is 2.88. The van der Waals surface area contributed by atoms with Gasteiger partial charge < -0.3 is 14.6 Å². The molecule has 0 saturated carbocycles. The van der Waals surface area contributed by atoms with E-state index in [0.29, 0.717) is 29.1 Å². The summed E-state index contributed by atoms with van der Waals surface area (Å²) in [5.41, 5.74) is 2.69. The van der Waals surface area contributed by atoms with Crippen LogP contribution in [0.1, 0.15) is 15.9 Å². The van der Waals surface area contributed by atoms with Crippen LogP contribution in [-0.4, -0.2) is 23.2 Å². The third-order valence-electron chi connectivity index (χ3n) is 4.51. The van der Waals surface area contributed by atoms with Crippen LogP contribution in [0.15, 0.2) is 77.3 Å². The minimum absolute atomic E-state index is 0.217. The molecule has 4 rings (SSSR count). The Morgan fingerprint density at radius 1 is 1.03 bits per heavy atom. The highest BCUT2D eigenvalue weighted by molar-refractivity contribution is 5.95. The Morgan fingerprint density at radius 2 is 1.80 bits per heavy atom. The van der Waals surface area contributed by atoms with E-state index in [9.17, 15) is 9.18 Å². The Morgan fingerprint density at radius 3 is 2.53 bits per heavy atom. The number of carbonyl (C=O) groups is 1. The number of hydrogen-bond acceptors (Lipinski definition) is 5. The summed E-state index contributed by atoms with van der Waals surface area (Å²) in [6.45, 7) is 0.391. The number of nitrogens with one attached hydrogen (secondary N) is 1. The first-order chi connectivity index (χ1) is 14.6. The van der Waals surface area contributed by atoms with Crippen LogP contribution >= 0.6 is 0 Å². The summed E-state index contributed by atoms with van der Waals surface area (Å²) in [7, 11) is 1.61. The lowest BCUT2D eigenvalue weighted by Crippen LogP contribution is -2.22. The molecule has 150 valence electrons. The highest BCUT2D eigenvalue weighted by atomic mass is 19.1. The van der Waals surface area contributed by atoms with Gasteiger partial charge in [0.25, 0.3) is 11.8 Å². The molecule has 4 aromatic rings. The lowest BCUT2D eigenvalue weighted by Gasteiger charge is -2.07. The SMILES string of the molecule is COc1ccc(CNC(=O)c2cccc(-c3nc(-c4ccc(F)cc4)no3)c2)cc1. The minimum atomic E-state index is -0.337. The number of halogens is 1. The summed E-state index contributed by atoms with van der Waals surface area (Å²) < 4.78 is 23.5. The van der Waals surface area contributed by atoms with Gasteiger partial charge in [-0.1, -0.05) is 23.4 Å². The van der Waals surface area contributed by atoms with Gasteiger partial charge in [0.2, 0.25) is 5.82 Å². The number of nitrogens with zero attached hydrogens (tertiary/aromatic N) is 2. The Bertz CT molecular complexity index is 1160. The van der Waals surface area contributed by atoms with Crippen LogP contribution in [0.5, 0.6) is 5.75 Å². The maximum Gasteiger partial charge on any atom is 0.258 e. The molecular weight excluding hydrogens is 385 g/mol. The second-order valence-electron chi connectivity index (χ2n) is 6.54. The maximum atomic E-state index is 13.1. The molecule has 0 unspecified atom stereocenters. The molecule has 7 heteroatoms. The molecule has 0 aliphatic carbocycles. The molecule has 1 N–H and O–H groups in total. The molecule has 1 aromatic heterocycles. The second-order valence-corrected chi connectivity index (χ2v) is 6.54. The lowest BCUT2D eigenvalue weighted by molar-refractivity contribution is 0.0951. The molecule has 0 bridgehead atoms. The first-order valence-electron chi connectivity index (χ1n) is 9.23. The van der Waals surface area contributed by atoms with Gasteiger partial charge in [0, 0.05) is 23.2 Å². The van der Waals surface area contributed by atoms with Gasteiger partial charge in [0.05, 0.1) is 7.11 Å². The molecule has 6 nitrogen and oxygen atoms in total. The van der Waals surface area contributed by atoms with Gasteiger partial charge in [-0.15, -0.1) is 0 Å². The van der Waals surface area contributed by atoms with Crippen molar-refractivity contribution in [1.29, 1.82) is 0 Å². The van der Waals surface area contributed by atoms with E-state index < -0.39 is 0 Å². The fourth-order valence-corrected chi connectivity index (χ4v) is 2.88. The molecule has 0 spiro atoms. The Balaban J connectivity index is 1.46. The summed E-state index contributed by atoms with van der Waals surface area (Å²) in [5, 5.41) is 6.82. The number of methoxy groups -OCH3 is 1. The molecular formula is C23H18FN3O3. The van der Waals surface area contributed by atoms with Gasteiger partial charge in [0.1, 0.15) is 11.6 Å². The Labute approximate surface area is 172 Å². The van der Waals surface area contributed by atoms with E-state index >= 15 is 0 Å². The van der Waals surface area contributed by atoms with E-state index in [0.717, 1.165) is 11.3 Å². The Kier molecular flexibility index (Phi) is 5.52. The predicted octanol–water partition coefficient (Wildman–Crippen LogP) is 4.48. The van der Waals surface area contributed by atoms with Gasteiger partial charge in [-0.05, 0) is 60.2 Å². The van der Waals surface area contributed by atoms with Crippen LogP contribution in [0.3, 0.4) is 0 Å². The number of rotatable bonds is 6. The zero-order valence-electron chi connectivity index (χ0n) is 16.1. The van der Waals surface area contributed by atoms with Crippen molar-refractivity contribution in [2.24, 2.45) is 0 Å². The second kappa shape index (κ2) is 8.57. The molecule has 0 saturated heterocycles. The van der Waals surface area contributed by atoms with Gasteiger partial charge >= 0.3 is 0 Å². The van der Waals surface area contributed by atoms with Crippen LogP contribution < -0.4 is 10.1 Å². The Hall–Kier alpha value is -4.00. The van der Waals surface area contributed by atoms with Gasteiger partial charge in [-0.2, -0.15) is 4.98 Å². The number of aromatic nitrogens is 2. The quantitative estimate of drug-likeness (QED) is 0.514. The van der Waals surface area contributed by atoms with Gasteiger partial charge in [0.15, 0.2) is 0 Å². The van der Waals surface area contributed by atoms with Crippen molar-refractivity contribution in [1.82, 2.24) is 15.5 Å². The van der Waals surface area contributed by atoms with Crippen molar-refractivity contribution in [3.63, 3.8) is 0 Å². The van der Waals surface area contributed by atoms with E-state index in [-0.39, 0.29) is 17.6 Å². The monoisotopic (exact) mass is 403 g/mol. The lowest BCUT2D eigenvalue weighted by atomic mass is 10.1.